The molecule has 2 unspecified atom stereocenters. The first-order chi connectivity index (χ1) is 12.8. The number of rotatable bonds is 8. The molecule has 7 nitrogen and oxygen atoms in total. The maximum atomic E-state index is 12.4. The molecule has 0 fully saturated rings. The lowest BCUT2D eigenvalue weighted by atomic mass is 9.99. The Labute approximate surface area is 160 Å². The summed E-state index contributed by atoms with van der Waals surface area (Å²) in [5.74, 6) is 0.0439. The van der Waals surface area contributed by atoms with Crippen molar-refractivity contribution < 1.29 is 9.59 Å². The summed E-state index contributed by atoms with van der Waals surface area (Å²) < 4.78 is 1.56. The number of carbonyl (C=O) groups is 2. The van der Waals surface area contributed by atoms with Crippen molar-refractivity contribution in [3.05, 3.63) is 53.9 Å². The van der Waals surface area contributed by atoms with E-state index < -0.39 is 6.04 Å². The number of nitrogens with zero attached hydrogens (tertiary/aromatic N) is 3. The first-order valence-corrected chi connectivity index (χ1v) is 9.15. The van der Waals surface area contributed by atoms with E-state index in [2.05, 4.69) is 36.4 Å². The lowest BCUT2D eigenvalue weighted by Gasteiger charge is -2.22. The predicted molar refractivity (Wildman–Crippen MR) is 105 cm³/mol. The van der Waals surface area contributed by atoms with Crippen LogP contribution >= 0.6 is 0 Å². The van der Waals surface area contributed by atoms with Gasteiger partial charge in [0.05, 0.1) is 6.54 Å². The van der Waals surface area contributed by atoms with Crippen LogP contribution in [0.2, 0.25) is 0 Å². The zero-order valence-corrected chi connectivity index (χ0v) is 16.4. The molecule has 2 atom stereocenters. The summed E-state index contributed by atoms with van der Waals surface area (Å²) in [6, 6.07) is 9.11. The number of hydrogen-bond donors (Lipinski definition) is 2. The molecule has 27 heavy (non-hydrogen) atoms. The monoisotopic (exact) mass is 371 g/mol. The van der Waals surface area contributed by atoms with Gasteiger partial charge in [-0.05, 0) is 30.0 Å². The van der Waals surface area contributed by atoms with Gasteiger partial charge in [-0.25, -0.2) is 0 Å². The number of nitrogens with one attached hydrogen (secondary N) is 1. The van der Waals surface area contributed by atoms with Gasteiger partial charge in [0.25, 0.3) is 0 Å². The number of benzene rings is 1. The average molecular weight is 371 g/mol. The van der Waals surface area contributed by atoms with Gasteiger partial charge in [0.15, 0.2) is 0 Å². The summed E-state index contributed by atoms with van der Waals surface area (Å²) >= 11 is 0. The Morgan fingerprint density at radius 2 is 1.81 bits per heavy atom. The van der Waals surface area contributed by atoms with Crippen molar-refractivity contribution in [2.45, 2.75) is 38.8 Å². The Hall–Kier alpha value is -2.67. The second-order valence-corrected chi connectivity index (χ2v) is 7.09. The summed E-state index contributed by atoms with van der Waals surface area (Å²) in [6.07, 6.45) is 3.34. The van der Waals surface area contributed by atoms with Gasteiger partial charge in [-0.2, -0.15) is 5.10 Å². The van der Waals surface area contributed by atoms with Crippen LogP contribution < -0.4 is 11.1 Å². The molecule has 0 aliphatic rings. The summed E-state index contributed by atoms with van der Waals surface area (Å²) in [5.41, 5.74) is 8.39. The van der Waals surface area contributed by atoms with E-state index in [1.807, 2.05) is 12.1 Å². The van der Waals surface area contributed by atoms with Crippen LogP contribution in [0.25, 0.3) is 0 Å². The van der Waals surface area contributed by atoms with Gasteiger partial charge >= 0.3 is 0 Å². The first-order valence-electron chi connectivity index (χ1n) is 9.15. The van der Waals surface area contributed by atoms with E-state index in [9.17, 15) is 9.59 Å². The van der Waals surface area contributed by atoms with Gasteiger partial charge in [-0.3, -0.25) is 14.3 Å². The van der Waals surface area contributed by atoms with Crippen LogP contribution in [0.5, 0.6) is 0 Å². The van der Waals surface area contributed by atoms with Crippen molar-refractivity contribution in [2.75, 3.05) is 20.1 Å². The zero-order valence-electron chi connectivity index (χ0n) is 16.4. The van der Waals surface area contributed by atoms with Crippen LogP contribution in [0.1, 0.15) is 49.9 Å². The van der Waals surface area contributed by atoms with Crippen LogP contribution in [-0.4, -0.2) is 46.6 Å². The van der Waals surface area contributed by atoms with E-state index in [1.165, 1.54) is 10.5 Å². The van der Waals surface area contributed by atoms with Gasteiger partial charge in [-0.1, -0.05) is 38.1 Å². The molecule has 2 amide bonds. The number of aromatic nitrogens is 2. The number of amides is 2. The molecular formula is C20H29N5O2. The molecule has 146 valence electrons. The van der Waals surface area contributed by atoms with Crippen LogP contribution in [0.3, 0.4) is 0 Å². The van der Waals surface area contributed by atoms with Crippen LogP contribution in [-0.2, 0) is 9.59 Å². The van der Waals surface area contributed by atoms with Gasteiger partial charge in [0.1, 0.15) is 6.04 Å². The highest BCUT2D eigenvalue weighted by Crippen LogP contribution is 2.17. The lowest BCUT2D eigenvalue weighted by Crippen LogP contribution is -2.42. The van der Waals surface area contributed by atoms with Crippen molar-refractivity contribution in [3.63, 3.8) is 0 Å². The fourth-order valence-corrected chi connectivity index (χ4v) is 2.76. The van der Waals surface area contributed by atoms with E-state index in [0.717, 1.165) is 5.56 Å². The first kappa shape index (κ1) is 20.6. The Kier molecular flexibility index (Phi) is 7.12. The Morgan fingerprint density at radius 3 is 2.37 bits per heavy atom. The minimum Gasteiger partial charge on any atom is -0.353 e. The molecule has 0 saturated heterocycles. The molecule has 0 spiro atoms. The topological polar surface area (TPSA) is 93.3 Å². The Morgan fingerprint density at radius 1 is 1.19 bits per heavy atom. The third kappa shape index (κ3) is 5.65. The zero-order chi connectivity index (χ0) is 20.0. The minimum atomic E-state index is -0.459. The quantitative estimate of drug-likeness (QED) is 0.740. The van der Waals surface area contributed by atoms with E-state index >= 15 is 0 Å². The smallest absolute Gasteiger partial charge is 0.247 e. The van der Waals surface area contributed by atoms with Crippen molar-refractivity contribution in [2.24, 2.45) is 5.73 Å². The lowest BCUT2D eigenvalue weighted by molar-refractivity contribution is -0.137. The van der Waals surface area contributed by atoms with Crippen molar-refractivity contribution >= 4 is 11.8 Å². The van der Waals surface area contributed by atoms with E-state index in [4.69, 9.17) is 5.73 Å². The number of hydrogen-bond acceptors (Lipinski definition) is 4. The molecule has 1 aromatic carbocycles. The van der Waals surface area contributed by atoms with Crippen LogP contribution in [0, 0.1) is 0 Å². The normalized spacial score (nSPS) is 13.3. The van der Waals surface area contributed by atoms with Crippen molar-refractivity contribution in [1.82, 2.24) is 20.0 Å². The SMILES string of the molecule is CC(C)c1ccc(C(N)CNC(=O)CN(C)C(=O)C(C)n2cccn2)cc1. The third-order valence-electron chi connectivity index (χ3n) is 4.59. The molecule has 0 aliphatic carbocycles. The van der Waals surface area contributed by atoms with E-state index in [-0.39, 0.29) is 24.4 Å². The maximum Gasteiger partial charge on any atom is 0.247 e. The number of nitrogens with two attached hydrogens (primary N) is 1. The fourth-order valence-electron chi connectivity index (χ4n) is 2.76. The molecule has 1 heterocycles. The molecule has 0 saturated carbocycles. The summed E-state index contributed by atoms with van der Waals surface area (Å²) in [6.45, 7) is 6.32. The largest absolute Gasteiger partial charge is 0.353 e. The molecule has 2 aromatic rings. The van der Waals surface area contributed by atoms with Gasteiger partial charge < -0.3 is 16.0 Å². The molecule has 1 aromatic heterocycles. The molecule has 3 N–H and O–H groups in total. The molecule has 7 heteroatoms. The average Bonchev–Trinajstić information content (AvgIpc) is 3.19. The van der Waals surface area contributed by atoms with E-state index in [0.29, 0.717) is 12.5 Å². The second kappa shape index (κ2) is 9.32. The van der Waals surface area contributed by atoms with Crippen LogP contribution in [0.4, 0.5) is 0 Å². The molecule has 2 rings (SSSR count). The van der Waals surface area contributed by atoms with Gasteiger partial charge in [0, 0.05) is 32.0 Å². The third-order valence-corrected chi connectivity index (χ3v) is 4.59. The van der Waals surface area contributed by atoms with Crippen LogP contribution in [0.15, 0.2) is 42.7 Å². The number of carbonyl (C=O) groups excluding carboxylic acids is 2. The highest BCUT2D eigenvalue weighted by molar-refractivity contribution is 5.86. The second-order valence-electron chi connectivity index (χ2n) is 7.09. The molecular weight excluding hydrogens is 342 g/mol. The summed E-state index contributed by atoms with van der Waals surface area (Å²) in [7, 11) is 1.60. The summed E-state index contributed by atoms with van der Waals surface area (Å²) in [5, 5.41) is 6.86. The standard InChI is InChI=1S/C20H29N5O2/c1-14(2)16-6-8-17(9-7-16)18(21)12-22-19(26)13-24(4)20(27)15(3)25-11-5-10-23-25/h5-11,14-15,18H,12-13,21H2,1-4H3,(H,22,26). The Bertz CT molecular complexity index is 740. The Balaban J connectivity index is 1.81. The molecule has 0 radical (unpaired) electrons. The minimum absolute atomic E-state index is 0.0244. The highest BCUT2D eigenvalue weighted by Gasteiger charge is 2.21. The van der Waals surface area contributed by atoms with Crippen molar-refractivity contribution in [3.8, 4) is 0 Å². The predicted octanol–water partition coefficient (Wildman–Crippen LogP) is 1.84. The molecule has 0 aliphatic heterocycles. The summed E-state index contributed by atoms with van der Waals surface area (Å²) in [4.78, 5) is 25.9. The fraction of sp³-hybridized carbons (Fsp3) is 0.450. The molecule has 0 bridgehead atoms. The van der Waals surface area contributed by atoms with E-state index in [1.54, 1.807) is 37.1 Å². The van der Waals surface area contributed by atoms with Crippen molar-refractivity contribution in [1.29, 1.82) is 0 Å². The van der Waals surface area contributed by atoms with Gasteiger partial charge in [-0.15, -0.1) is 0 Å². The number of likely N-dealkylation sites (N-methyl/N-ethyl adjacent to an activating group) is 1. The van der Waals surface area contributed by atoms with Gasteiger partial charge in [0.2, 0.25) is 11.8 Å². The highest BCUT2D eigenvalue weighted by atomic mass is 16.2. The maximum absolute atomic E-state index is 12.4.